The highest BCUT2D eigenvalue weighted by molar-refractivity contribution is 5.72. The molecule has 3 nitrogen and oxygen atoms in total. The van der Waals surface area contributed by atoms with Gasteiger partial charge in [0.15, 0.2) is 0 Å². The van der Waals surface area contributed by atoms with Crippen molar-refractivity contribution in [1.82, 2.24) is 4.90 Å². The summed E-state index contributed by atoms with van der Waals surface area (Å²) in [6.45, 7) is 10.1. The zero-order valence-electron chi connectivity index (χ0n) is 9.24. The van der Waals surface area contributed by atoms with Gasteiger partial charge in [0.05, 0.1) is 11.9 Å². The maximum atomic E-state index is 10.7. The molecule has 0 aliphatic carbocycles. The van der Waals surface area contributed by atoms with Crippen LogP contribution in [-0.4, -0.2) is 29.2 Å². The van der Waals surface area contributed by atoms with Crippen LogP contribution in [0.1, 0.15) is 41.0 Å². The van der Waals surface area contributed by atoms with Crippen molar-refractivity contribution in [1.29, 1.82) is 0 Å². The van der Waals surface area contributed by atoms with E-state index in [2.05, 4.69) is 4.99 Å². The molecule has 0 aliphatic heterocycles. The molecule has 0 aromatic carbocycles. The third kappa shape index (κ3) is 5.39. The van der Waals surface area contributed by atoms with Crippen LogP contribution in [0.15, 0.2) is 4.99 Å². The molecule has 1 amide bonds. The molecule has 0 heterocycles. The lowest BCUT2D eigenvalue weighted by Crippen LogP contribution is -2.31. The van der Waals surface area contributed by atoms with E-state index in [-0.39, 0.29) is 11.6 Å². The molecule has 0 rings (SSSR count). The van der Waals surface area contributed by atoms with E-state index in [4.69, 9.17) is 0 Å². The van der Waals surface area contributed by atoms with Crippen LogP contribution in [0, 0.1) is 0 Å². The molecular formula is C10H20N2O. The lowest BCUT2D eigenvalue weighted by molar-refractivity contribution is -0.115. The molecule has 3 heteroatoms. The third-order valence-electron chi connectivity index (χ3n) is 1.80. The maximum Gasteiger partial charge on any atom is 0.215 e. The molecule has 1 atom stereocenters. The van der Waals surface area contributed by atoms with Crippen LogP contribution in [0.3, 0.4) is 0 Å². The average Bonchev–Trinajstić information content (AvgIpc) is 2.03. The minimum atomic E-state index is -0.116. The van der Waals surface area contributed by atoms with Crippen LogP contribution in [-0.2, 0) is 4.79 Å². The lowest BCUT2D eigenvalue weighted by atomic mass is 10.1. The summed E-state index contributed by atoms with van der Waals surface area (Å²) in [6, 6.07) is 0.226. The number of rotatable bonds is 4. The first-order valence-electron chi connectivity index (χ1n) is 4.68. The first kappa shape index (κ1) is 12.1. The summed E-state index contributed by atoms with van der Waals surface area (Å²) < 4.78 is 0. The molecule has 0 N–H and O–H groups in total. The Morgan fingerprint density at radius 1 is 1.46 bits per heavy atom. The standard InChI is InChI=1S/C10H20N2O/c1-6-9(2)12(8-13)7-11-10(3,4)5/h7-9H,6H2,1-5H3. The van der Waals surface area contributed by atoms with Crippen molar-refractivity contribution in [3.05, 3.63) is 0 Å². The summed E-state index contributed by atoms with van der Waals surface area (Å²) in [4.78, 5) is 16.5. The summed E-state index contributed by atoms with van der Waals surface area (Å²) in [7, 11) is 0. The Morgan fingerprint density at radius 2 is 2.00 bits per heavy atom. The molecular weight excluding hydrogens is 164 g/mol. The minimum absolute atomic E-state index is 0.116. The Hall–Kier alpha value is -0.860. The van der Waals surface area contributed by atoms with E-state index < -0.39 is 0 Å². The van der Waals surface area contributed by atoms with Crippen molar-refractivity contribution in [2.24, 2.45) is 4.99 Å². The van der Waals surface area contributed by atoms with Crippen molar-refractivity contribution in [2.75, 3.05) is 0 Å². The molecule has 13 heavy (non-hydrogen) atoms. The monoisotopic (exact) mass is 184 g/mol. The van der Waals surface area contributed by atoms with Gasteiger partial charge in [-0.2, -0.15) is 0 Å². The number of amides is 1. The van der Waals surface area contributed by atoms with Crippen LogP contribution < -0.4 is 0 Å². The quantitative estimate of drug-likeness (QED) is 0.374. The SMILES string of the molecule is CCC(C)N(C=O)C=NC(C)(C)C. The summed E-state index contributed by atoms with van der Waals surface area (Å²) in [6.07, 6.45) is 3.39. The van der Waals surface area contributed by atoms with Gasteiger partial charge in [-0.3, -0.25) is 9.79 Å². The number of hydrogen-bond acceptors (Lipinski definition) is 2. The lowest BCUT2D eigenvalue weighted by Gasteiger charge is -2.20. The first-order valence-corrected chi connectivity index (χ1v) is 4.68. The van der Waals surface area contributed by atoms with Crippen LogP contribution in [0.5, 0.6) is 0 Å². The van der Waals surface area contributed by atoms with Crippen LogP contribution in [0.4, 0.5) is 0 Å². The van der Waals surface area contributed by atoms with Gasteiger partial charge in [0.2, 0.25) is 6.41 Å². The Labute approximate surface area is 80.8 Å². The van der Waals surface area contributed by atoms with Gasteiger partial charge < -0.3 is 4.90 Å². The molecule has 0 saturated carbocycles. The van der Waals surface area contributed by atoms with E-state index >= 15 is 0 Å². The van der Waals surface area contributed by atoms with Gasteiger partial charge >= 0.3 is 0 Å². The maximum absolute atomic E-state index is 10.7. The summed E-state index contributed by atoms with van der Waals surface area (Å²) in [5.74, 6) is 0. The Kier molecular flexibility index (Phi) is 4.67. The molecule has 0 fully saturated rings. The van der Waals surface area contributed by atoms with Gasteiger partial charge in [0.25, 0.3) is 0 Å². The summed E-state index contributed by atoms with van der Waals surface area (Å²) in [5, 5.41) is 0. The molecule has 76 valence electrons. The van der Waals surface area contributed by atoms with E-state index in [0.29, 0.717) is 0 Å². The van der Waals surface area contributed by atoms with Gasteiger partial charge in [-0.25, -0.2) is 0 Å². The van der Waals surface area contributed by atoms with Crippen LogP contribution >= 0.6 is 0 Å². The highest BCUT2D eigenvalue weighted by Crippen LogP contribution is 2.06. The largest absolute Gasteiger partial charge is 0.303 e. The normalized spacial score (nSPS) is 14.5. The van der Waals surface area contributed by atoms with Crippen molar-refractivity contribution in [3.8, 4) is 0 Å². The molecule has 0 aliphatic rings. The van der Waals surface area contributed by atoms with Gasteiger partial charge in [-0.05, 0) is 34.1 Å². The number of aliphatic imine (C=N–C) groups is 1. The van der Waals surface area contributed by atoms with Crippen molar-refractivity contribution in [2.45, 2.75) is 52.6 Å². The fourth-order valence-corrected chi connectivity index (χ4v) is 0.696. The summed E-state index contributed by atoms with van der Waals surface area (Å²) in [5.41, 5.74) is -0.116. The van der Waals surface area contributed by atoms with E-state index in [1.807, 2.05) is 34.6 Å². The molecule has 1 unspecified atom stereocenters. The van der Waals surface area contributed by atoms with Gasteiger partial charge in [-0.15, -0.1) is 0 Å². The van der Waals surface area contributed by atoms with E-state index in [1.54, 1.807) is 11.2 Å². The number of hydrogen-bond donors (Lipinski definition) is 0. The number of nitrogens with zero attached hydrogens (tertiary/aromatic N) is 2. The average molecular weight is 184 g/mol. The molecule has 0 spiro atoms. The molecule has 0 aromatic rings. The predicted octanol–water partition coefficient (Wildman–Crippen LogP) is 2.07. The fraction of sp³-hybridized carbons (Fsp3) is 0.800. The second-order valence-corrected chi connectivity index (χ2v) is 4.23. The minimum Gasteiger partial charge on any atom is -0.303 e. The first-order chi connectivity index (χ1) is 5.90. The van der Waals surface area contributed by atoms with Crippen molar-refractivity contribution in [3.63, 3.8) is 0 Å². The van der Waals surface area contributed by atoms with E-state index in [9.17, 15) is 4.79 Å². The Bertz CT molecular complexity index is 182. The Balaban J connectivity index is 4.28. The summed E-state index contributed by atoms with van der Waals surface area (Å²) >= 11 is 0. The zero-order chi connectivity index (χ0) is 10.5. The molecule has 0 saturated heterocycles. The Morgan fingerprint density at radius 3 is 2.31 bits per heavy atom. The van der Waals surface area contributed by atoms with Crippen LogP contribution in [0.2, 0.25) is 0 Å². The van der Waals surface area contributed by atoms with E-state index in [0.717, 1.165) is 12.8 Å². The van der Waals surface area contributed by atoms with Crippen LogP contribution in [0.25, 0.3) is 0 Å². The zero-order valence-corrected chi connectivity index (χ0v) is 9.24. The molecule has 0 radical (unpaired) electrons. The van der Waals surface area contributed by atoms with E-state index in [1.165, 1.54) is 0 Å². The number of carbonyl (C=O) groups is 1. The van der Waals surface area contributed by atoms with Crippen molar-refractivity contribution < 1.29 is 4.79 Å². The fourth-order valence-electron chi connectivity index (χ4n) is 0.696. The third-order valence-corrected chi connectivity index (χ3v) is 1.80. The predicted molar refractivity (Wildman–Crippen MR) is 55.9 cm³/mol. The second kappa shape index (κ2) is 5.00. The number of carbonyl (C=O) groups excluding carboxylic acids is 1. The van der Waals surface area contributed by atoms with Crippen molar-refractivity contribution >= 4 is 12.7 Å². The van der Waals surface area contributed by atoms with Gasteiger partial charge in [0, 0.05) is 6.04 Å². The molecule has 0 bridgehead atoms. The second-order valence-electron chi connectivity index (χ2n) is 4.23. The van der Waals surface area contributed by atoms with Gasteiger partial charge in [-0.1, -0.05) is 6.92 Å². The van der Waals surface area contributed by atoms with Gasteiger partial charge in [0.1, 0.15) is 0 Å². The topological polar surface area (TPSA) is 32.7 Å². The molecule has 0 aromatic heterocycles. The highest BCUT2D eigenvalue weighted by Gasteiger charge is 2.09. The smallest absolute Gasteiger partial charge is 0.215 e. The highest BCUT2D eigenvalue weighted by atomic mass is 16.1.